The lowest BCUT2D eigenvalue weighted by Gasteiger charge is -2.18. The Balaban J connectivity index is 2.08. The van der Waals surface area contributed by atoms with Crippen LogP contribution in [0.15, 0.2) is 41.8 Å². The number of nitrogens with zero attached hydrogens (tertiary/aromatic N) is 2. The van der Waals surface area contributed by atoms with E-state index in [0.717, 1.165) is 3.97 Å². The van der Waals surface area contributed by atoms with Gasteiger partial charge in [-0.05, 0) is 12.1 Å². The third-order valence-electron chi connectivity index (χ3n) is 2.57. The average Bonchev–Trinajstić information content (AvgIpc) is 2.92. The Morgan fingerprint density at radius 1 is 1.17 bits per heavy atom. The highest BCUT2D eigenvalue weighted by Gasteiger charge is 2.20. The zero-order valence-electron chi connectivity index (χ0n) is 9.31. The first-order chi connectivity index (χ1) is 8.68. The zero-order valence-corrected chi connectivity index (χ0v) is 10.1. The maximum absolute atomic E-state index is 12.2. The largest absolute Gasteiger partial charge is 0.486 e. The first kappa shape index (κ1) is 11.1. The third-order valence-corrected chi connectivity index (χ3v) is 4.19. The maximum atomic E-state index is 12.2. The van der Waals surface area contributed by atoms with Crippen LogP contribution in [0.4, 0.5) is 0 Å². The number of ether oxygens (including phenoxy) is 2. The Morgan fingerprint density at radius 3 is 2.67 bits per heavy atom. The molecule has 1 aromatic carbocycles. The monoisotopic (exact) mass is 266 g/mol. The maximum Gasteiger partial charge on any atom is 0.269 e. The number of hydrogen-bond donors (Lipinski definition) is 0. The summed E-state index contributed by atoms with van der Waals surface area (Å²) >= 11 is 0. The Bertz CT molecular complexity index is 664. The number of aromatic nitrogens is 2. The van der Waals surface area contributed by atoms with E-state index in [1.54, 1.807) is 6.07 Å². The summed E-state index contributed by atoms with van der Waals surface area (Å²) in [7, 11) is -3.61. The molecule has 0 bridgehead atoms. The molecular formula is C11H10N2O4S. The second-order valence-electron chi connectivity index (χ2n) is 3.70. The summed E-state index contributed by atoms with van der Waals surface area (Å²) in [6.07, 6.45) is 4.04. The fraction of sp³-hybridized carbons (Fsp3) is 0.182. The van der Waals surface area contributed by atoms with Crippen molar-refractivity contribution >= 4 is 10.0 Å². The van der Waals surface area contributed by atoms with Crippen LogP contribution in [0.1, 0.15) is 0 Å². The summed E-state index contributed by atoms with van der Waals surface area (Å²) < 4.78 is 36.2. The first-order valence-corrected chi connectivity index (χ1v) is 6.75. The van der Waals surface area contributed by atoms with E-state index in [4.69, 9.17) is 9.47 Å². The normalized spacial score (nSPS) is 14.4. The summed E-state index contributed by atoms with van der Waals surface area (Å²) in [6.45, 7) is 0.891. The molecule has 0 atom stereocenters. The molecule has 0 saturated carbocycles. The van der Waals surface area contributed by atoms with Crippen molar-refractivity contribution in [3.63, 3.8) is 0 Å². The molecule has 0 N–H and O–H groups in total. The molecular weight excluding hydrogens is 256 g/mol. The molecule has 1 aliphatic heterocycles. The molecule has 0 saturated heterocycles. The van der Waals surface area contributed by atoms with Gasteiger partial charge in [0.05, 0.1) is 4.90 Å². The van der Waals surface area contributed by atoms with Crippen molar-refractivity contribution < 1.29 is 17.9 Å². The molecule has 94 valence electrons. The molecule has 0 unspecified atom stereocenters. The fourth-order valence-corrected chi connectivity index (χ4v) is 2.83. The number of imidazole rings is 1. The van der Waals surface area contributed by atoms with Crippen LogP contribution >= 0.6 is 0 Å². The van der Waals surface area contributed by atoms with E-state index in [9.17, 15) is 8.42 Å². The van der Waals surface area contributed by atoms with Gasteiger partial charge in [-0.15, -0.1) is 0 Å². The molecule has 0 amide bonds. The van der Waals surface area contributed by atoms with E-state index in [1.807, 2.05) is 0 Å². The summed E-state index contributed by atoms with van der Waals surface area (Å²) in [5.74, 6) is 1.01. The fourth-order valence-electron chi connectivity index (χ4n) is 1.69. The van der Waals surface area contributed by atoms with Crippen LogP contribution in [0.3, 0.4) is 0 Å². The van der Waals surface area contributed by atoms with E-state index in [1.165, 1.54) is 30.9 Å². The van der Waals surface area contributed by atoms with Gasteiger partial charge in [0, 0.05) is 18.5 Å². The summed E-state index contributed by atoms with van der Waals surface area (Å²) in [5.41, 5.74) is 0. The second-order valence-corrected chi connectivity index (χ2v) is 5.55. The Hall–Kier alpha value is -2.02. The molecule has 1 aliphatic rings. The van der Waals surface area contributed by atoms with Crippen molar-refractivity contribution in [1.29, 1.82) is 0 Å². The van der Waals surface area contributed by atoms with Gasteiger partial charge in [-0.1, -0.05) is 0 Å². The minimum Gasteiger partial charge on any atom is -0.486 e. The third kappa shape index (κ3) is 1.72. The molecule has 0 fully saturated rings. The van der Waals surface area contributed by atoms with Crippen LogP contribution in [-0.4, -0.2) is 30.6 Å². The van der Waals surface area contributed by atoms with Crippen molar-refractivity contribution in [2.45, 2.75) is 4.90 Å². The van der Waals surface area contributed by atoms with Gasteiger partial charge in [-0.2, -0.15) is 0 Å². The first-order valence-electron chi connectivity index (χ1n) is 5.31. The lowest BCUT2D eigenvalue weighted by Crippen LogP contribution is -2.16. The number of fused-ring (bicyclic) bond motifs is 1. The molecule has 0 aliphatic carbocycles. The predicted octanol–water partition coefficient (Wildman–Crippen LogP) is 0.891. The van der Waals surface area contributed by atoms with Crippen LogP contribution < -0.4 is 9.47 Å². The molecule has 2 aromatic rings. The summed E-state index contributed by atoms with van der Waals surface area (Å²) in [6, 6.07) is 4.55. The average molecular weight is 266 g/mol. The molecule has 0 radical (unpaired) electrons. The van der Waals surface area contributed by atoms with E-state index in [2.05, 4.69) is 4.98 Å². The molecule has 0 spiro atoms. The van der Waals surface area contributed by atoms with Crippen LogP contribution in [-0.2, 0) is 10.0 Å². The molecule has 7 heteroatoms. The molecule has 1 aromatic heterocycles. The van der Waals surface area contributed by atoms with E-state index < -0.39 is 10.0 Å². The number of rotatable bonds is 2. The van der Waals surface area contributed by atoms with E-state index in [0.29, 0.717) is 24.7 Å². The minimum atomic E-state index is -3.61. The highest BCUT2D eigenvalue weighted by Crippen LogP contribution is 2.32. The van der Waals surface area contributed by atoms with Gasteiger partial charge in [0.15, 0.2) is 11.5 Å². The van der Waals surface area contributed by atoms with Gasteiger partial charge in [0.1, 0.15) is 19.5 Å². The SMILES string of the molecule is O=S(=O)(c1ccc2c(c1)OCCO2)n1ccnc1. The van der Waals surface area contributed by atoms with Crippen LogP contribution in [0.5, 0.6) is 11.5 Å². The van der Waals surface area contributed by atoms with E-state index in [-0.39, 0.29) is 4.90 Å². The van der Waals surface area contributed by atoms with Crippen molar-refractivity contribution in [2.75, 3.05) is 13.2 Å². The van der Waals surface area contributed by atoms with Crippen molar-refractivity contribution in [3.05, 3.63) is 36.9 Å². The number of hydrogen-bond acceptors (Lipinski definition) is 5. The van der Waals surface area contributed by atoms with Crippen LogP contribution in [0, 0.1) is 0 Å². The molecule has 18 heavy (non-hydrogen) atoms. The van der Waals surface area contributed by atoms with Gasteiger partial charge >= 0.3 is 0 Å². The highest BCUT2D eigenvalue weighted by molar-refractivity contribution is 7.90. The summed E-state index contributed by atoms with van der Waals surface area (Å²) in [4.78, 5) is 3.87. The standard InChI is InChI=1S/C11H10N2O4S/c14-18(15,13-4-3-12-8-13)9-1-2-10-11(7-9)17-6-5-16-10/h1-4,7-8H,5-6H2. The van der Waals surface area contributed by atoms with Crippen molar-refractivity contribution in [2.24, 2.45) is 0 Å². The van der Waals surface area contributed by atoms with Gasteiger partial charge in [0.25, 0.3) is 10.0 Å². The zero-order chi connectivity index (χ0) is 12.6. The molecule has 2 heterocycles. The van der Waals surface area contributed by atoms with Gasteiger partial charge in [-0.25, -0.2) is 17.4 Å². The van der Waals surface area contributed by atoms with Gasteiger partial charge in [0.2, 0.25) is 0 Å². The lowest BCUT2D eigenvalue weighted by molar-refractivity contribution is 0.171. The minimum absolute atomic E-state index is 0.143. The topological polar surface area (TPSA) is 70.4 Å². The van der Waals surface area contributed by atoms with Crippen LogP contribution in [0.2, 0.25) is 0 Å². The number of benzene rings is 1. The lowest BCUT2D eigenvalue weighted by atomic mass is 10.3. The van der Waals surface area contributed by atoms with E-state index >= 15 is 0 Å². The molecule has 6 nitrogen and oxygen atoms in total. The van der Waals surface area contributed by atoms with Gasteiger partial charge in [-0.3, -0.25) is 0 Å². The highest BCUT2D eigenvalue weighted by atomic mass is 32.2. The Kier molecular flexibility index (Phi) is 2.48. The van der Waals surface area contributed by atoms with Gasteiger partial charge < -0.3 is 9.47 Å². The summed E-state index contributed by atoms with van der Waals surface area (Å²) in [5, 5.41) is 0. The molecule has 3 rings (SSSR count). The Morgan fingerprint density at radius 2 is 1.94 bits per heavy atom. The Labute approximate surface area is 104 Å². The second kappa shape index (κ2) is 4.02. The van der Waals surface area contributed by atoms with Crippen molar-refractivity contribution in [3.8, 4) is 11.5 Å². The predicted molar refractivity (Wildman–Crippen MR) is 62.2 cm³/mol. The quantitative estimate of drug-likeness (QED) is 0.807. The smallest absolute Gasteiger partial charge is 0.269 e. The van der Waals surface area contributed by atoms with Crippen LogP contribution in [0.25, 0.3) is 0 Å². The van der Waals surface area contributed by atoms with Crippen molar-refractivity contribution in [1.82, 2.24) is 8.96 Å².